The van der Waals surface area contributed by atoms with Crippen molar-refractivity contribution in [2.24, 2.45) is 23.2 Å². The number of halogens is 1. The standard InChI is InChI=1S/C23H30BrN5O2/c1-13-17-9-16(23(17,3)4)10-18(13)28-19-12-27-29(22(31)20(19)24)14(2)21(30)26-11-15-5-7-25-8-6-15/h5-8,12-14,16-18,28H,9-11H2,1-4H3,(H,26,30)/t13-,14?,16+,17+,18+/m0/s1. The second kappa shape index (κ2) is 8.37. The van der Waals surface area contributed by atoms with Crippen LogP contribution in [-0.2, 0) is 11.3 Å². The molecule has 2 N–H and O–H groups in total. The molecule has 5 atom stereocenters. The molecule has 1 amide bonds. The number of hydrogen-bond donors (Lipinski definition) is 2. The zero-order valence-corrected chi connectivity index (χ0v) is 20.0. The molecule has 0 aromatic carbocycles. The van der Waals surface area contributed by atoms with Gasteiger partial charge in [0.05, 0.1) is 11.9 Å². The van der Waals surface area contributed by atoms with Gasteiger partial charge in [-0.2, -0.15) is 5.10 Å². The number of hydrogen-bond acceptors (Lipinski definition) is 5. The molecule has 8 heteroatoms. The van der Waals surface area contributed by atoms with Gasteiger partial charge in [0.15, 0.2) is 0 Å². The quantitative estimate of drug-likeness (QED) is 0.647. The maximum atomic E-state index is 12.9. The topological polar surface area (TPSA) is 88.9 Å². The summed E-state index contributed by atoms with van der Waals surface area (Å²) in [6, 6.07) is 3.28. The lowest BCUT2D eigenvalue weighted by Gasteiger charge is -2.62. The molecule has 3 saturated carbocycles. The van der Waals surface area contributed by atoms with Crippen molar-refractivity contribution >= 4 is 27.5 Å². The number of pyridine rings is 1. The summed E-state index contributed by atoms with van der Waals surface area (Å²) in [5, 5.41) is 10.7. The first-order valence-corrected chi connectivity index (χ1v) is 11.7. The zero-order valence-electron chi connectivity index (χ0n) is 18.4. The number of rotatable bonds is 6. The molecule has 2 aromatic heterocycles. The number of nitrogens with one attached hydrogen (secondary N) is 2. The minimum atomic E-state index is -0.721. The largest absolute Gasteiger partial charge is 0.380 e. The maximum Gasteiger partial charge on any atom is 0.283 e. The summed E-state index contributed by atoms with van der Waals surface area (Å²) in [5.41, 5.74) is 1.74. The molecule has 0 saturated heterocycles. The molecule has 166 valence electrons. The van der Waals surface area contributed by atoms with Crippen molar-refractivity contribution < 1.29 is 4.79 Å². The predicted octanol–water partition coefficient (Wildman–Crippen LogP) is 3.76. The third-order valence-electron chi connectivity index (χ3n) is 7.60. The van der Waals surface area contributed by atoms with Crippen LogP contribution in [0.1, 0.15) is 52.1 Å². The van der Waals surface area contributed by atoms with Crippen molar-refractivity contribution in [3.8, 4) is 0 Å². The Hall–Kier alpha value is -2.22. The third kappa shape index (κ3) is 4.02. The molecule has 7 nitrogen and oxygen atoms in total. The van der Waals surface area contributed by atoms with Crippen LogP contribution in [0.15, 0.2) is 40.0 Å². The Morgan fingerprint density at radius 2 is 2.03 bits per heavy atom. The van der Waals surface area contributed by atoms with Gasteiger partial charge in [-0.05, 0) is 76.6 Å². The van der Waals surface area contributed by atoms with E-state index in [1.807, 2.05) is 12.1 Å². The molecule has 31 heavy (non-hydrogen) atoms. The number of amides is 1. The Bertz CT molecular complexity index is 1020. The van der Waals surface area contributed by atoms with Gasteiger partial charge in [-0.15, -0.1) is 0 Å². The molecule has 3 fully saturated rings. The number of fused-ring (bicyclic) bond motifs is 2. The highest BCUT2D eigenvalue weighted by Gasteiger charge is 2.56. The molecule has 1 unspecified atom stereocenters. The summed E-state index contributed by atoms with van der Waals surface area (Å²) in [7, 11) is 0. The van der Waals surface area contributed by atoms with Crippen LogP contribution in [0.5, 0.6) is 0 Å². The van der Waals surface area contributed by atoms with Gasteiger partial charge in [-0.25, -0.2) is 4.68 Å². The smallest absolute Gasteiger partial charge is 0.283 e. The van der Waals surface area contributed by atoms with Crippen LogP contribution in [-0.4, -0.2) is 26.7 Å². The van der Waals surface area contributed by atoms with Gasteiger partial charge in [-0.3, -0.25) is 14.6 Å². The molecular weight excluding hydrogens is 458 g/mol. The molecule has 5 rings (SSSR count). The van der Waals surface area contributed by atoms with E-state index in [2.05, 4.69) is 57.4 Å². The monoisotopic (exact) mass is 487 g/mol. The normalized spacial score (nSPS) is 27.1. The van der Waals surface area contributed by atoms with E-state index in [9.17, 15) is 9.59 Å². The van der Waals surface area contributed by atoms with E-state index in [0.717, 1.165) is 17.9 Å². The molecule has 0 spiro atoms. The van der Waals surface area contributed by atoms with Gasteiger partial charge in [0.2, 0.25) is 5.91 Å². The van der Waals surface area contributed by atoms with Gasteiger partial charge in [0.25, 0.3) is 5.56 Å². The van der Waals surface area contributed by atoms with Crippen LogP contribution in [0.4, 0.5) is 5.69 Å². The Balaban J connectivity index is 1.43. The molecule has 2 bridgehead atoms. The fourth-order valence-corrected chi connectivity index (χ4v) is 5.71. The summed E-state index contributed by atoms with van der Waals surface area (Å²) in [5.74, 6) is 1.71. The molecule has 3 aliphatic carbocycles. The van der Waals surface area contributed by atoms with Crippen LogP contribution >= 0.6 is 15.9 Å². The SMILES string of the molecule is CC(C(=O)NCc1ccncc1)n1ncc(N[C@@H]2C[C@H]3C[C@H]([C@@H]2C)C3(C)C)c(Br)c1=O. The lowest BCUT2D eigenvalue weighted by molar-refractivity contribution is -0.124. The molecule has 2 aromatic rings. The summed E-state index contributed by atoms with van der Waals surface area (Å²) in [6.07, 6.45) is 7.42. The van der Waals surface area contributed by atoms with Crippen LogP contribution in [0.2, 0.25) is 0 Å². The second-order valence-corrected chi connectivity index (χ2v) is 10.4. The van der Waals surface area contributed by atoms with Crippen LogP contribution < -0.4 is 16.2 Å². The minimum absolute atomic E-state index is 0.262. The molecule has 0 radical (unpaired) electrons. The number of aromatic nitrogens is 3. The molecule has 2 heterocycles. The van der Waals surface area contributed by atoms with Crippen molar-refractivity contribution in [3.05, 3.63) is 51.1 Å². The van der Waals surface area contributed by atoms with E-state index in [1.165, 1.54) is 11.1 Å². The van der Waals surface area contributed by atoms with Crippen LogP contribution in [0, 0.1) is 23.2 Å². The van der Waals surface area contributed by atoms with Crippen molar-refractivity contribution in [3.63, 3.8) is 0 Å². The Labute approximate surface area is 191 Å². The average Bonchev–Trinajstić information content (AvgIpc) is 2.76. The molecule has 3 aliphatic rings. The predicted molar refractivity (Wildman–Crippen MR) is 124 cm³/mol. The second-order valence-electron chi connectivity index (χ2n) is 9.58. The lowest BCUT2D eigenvalue weighted by atomic mass is 9.45. The van der Waals surface area contributed by atoms with Crippen molar-refractivity contribution in [1.82, 2.24) is 20.1 Å². The number of carbonyl (C=O) groups is 1. The Morgan fingerprint density at radius 3 is 2.68 bits per heavy atom. The summed E-state index contributed by atoms with van der Waals surface area (Å²) in [6.45, 7) is 9.10. The molecule has 0 aliphatic heterocycles. The minimum Gasteiger partial charge on any atom is -0.380 e. The summed E-state index contributed by atoms with van der Waals surface area (Å²) >= 11 is 3.45. The average molecular weight is 488 g/mol. The lowest BCUT2D eigenvalue weighted by Crippen LogP contribution is -2.58. The van der Waals surface area contributed by atoms with Crippen LogP contribution in [0.3, 0.4) is 0 Å². The van der Waals surface area contributed by atoms with E-state index in [-0.39, 0.29) is 11.5 Å². The molecular formula is C23H30BrN5O2. The van der Waals surface area contributed by atoms with Crippen molar-refractivity contribution in [2.45, 2.75) is 59.2 Å². The fraction of sp³-hybridized carbons (Fsp3) is 0.565. The number of nitrogens with zero attached hydrogens (tertiary/aromatic N) is 3. The van der Waals surface area contributed by atoms with Gasteiger partial charge in [0, 0.05) is 25.0 Å². The van der Waals surface area contributed by atoms with E-state index in [0.29, 0.717) is 40.0 Å². The Kier molecular flexibility index (Phi) is 5.94. The van der Waals surface area contributed by atoms with E-state index in [1.54, 1.807) is 25.5 Å². The first-order chi connectivity index (χ1) is 14.7. The van der Waals surface area contributed by atoms with Gasteiger partial charge in [0.1, 0.15) is 10.5 Å². The highest BCUT2D eigenvalue weighted by atomic mass is 79.9. The first-order valence-electron chi connectivity index (χ1n) is 10.9. The summed E-state index contributed by atoms with van der Waals surface area (Å²) < 4.78 is 1.64. The van der Waals surface area contributed by atoms with Gasteiger partial charge < -0.3 is 10.6 Å². The van der Waals surface area contributed by atoms with Crippen molar-refractivity contribution in [2.75, 3.05) is 5.32 Å². The van der Waals surface area contributed by atoms with Crippen molar-refractivity contribution in [1.29, 1.82) is 0 Å². The van der Waals surface area contributed by atoms with Gasteiger partial charge in [-0.1, -0.05) is 20.8 Å². The third-order valence-corrected chi connectivity index (χ3v) is 8.37. The highest BCUT2D eigenvalue weighted by molar-refractivity contribution is 9.10. The van der Waals surface area contributed by atoms with Crippen LogP contribution in [0.25, 0.3) is 0 Å². The first kappa shape index (κ1) is 22.0. The van der Waals surface area contributed by atoms with Gasteiger partial charge >= 0.3 is 0 Å². The highest BCUT2D eigenvalue weighted by Crippen LogP contribution is 2.61. The maximum absolute atomic E-state index is 12.9. The number of anilines is 1. The van der Waals surface area contributed by atoms with E-state index >= 15 is 0 Å². The van der Waals surface area contributed by atoms with E-state index in [4.69, 9.17) is 0 Å². The fourth-order valence-electron chi connectivity index (χ4n) is 5.31. The summed E-state index contributed by atoms with van der Waals surface area (Å²) in [4.78, 5) is 29.5. The zero-order chi connectivity index (χ0) is 22.3. The Morgan fingerprint density at radius 1 is 1.32 bits per heavy atom. The number of carbonyl (C=O) groups excluding carboxylic acids is 1. The van der Waals surface area contributed by atoms with E-state index < -0.39 is 6.04 Å².